The van der Waals surface area contributed by atoms with Crippen molar-refractivity contribution in [3.63, 3.8) is 0 Å². The van der Waals surface area contributed by atoms with Gasteiger partial charge in [-0.05, 0) is 44.9 Å². The maximum atomic E-state index is 13.4. The molecule has 1 fully saturated rings. The molecular weight excluding hydrogens is 402 g/mol. The van der Waals surface area contributed by atoms with Crippen LogP contribution < -0.4 is 0 Å². The van der Waals surface area contributed by atoms with Gasteiger partial charge in [-0.1, -0.05) is 48.0 Å². The molecule has 0 saturated carbocycles. The molecule has 0 N–H and O–H groups in total. The molecule has 1 aliphatic rings. The number of carbonyl (C=O) groups is 1. The maximum Gasteiger partial charge on any atom is 0.245 e. The van der Waals surface area contributed by atoms with Gasteiger partial charge in [0.2, 0.25) is 10.0 Å². The molecule has 0 aliphatic carbocycles. The number of carbonyl (C=O) groups excluding carboxylic acids is 1. The number of nitrogens with zero attached hydrogens (tertiary/aromatic N) is 1. The lowest BCUT2D eigenvalue weighted by Crippen LogP contribution is -2.47. The van der Waals surface area contributed by atoms with Gasteiger partial charge in [0, 0.05) is 12.5 Å². The molecule has 0 aromatic heterocycles. The number of aryl methyl sites for hydroxylation is 1. The first-order valence-electron chi connectivity index (χ1n) is 10.2. The Morgan fingerprint density at radius 2 is 1.77 bits per heavy atom. The topological polar surface area (TPSA) is 72.9 Å². The van der Waals surface area contributed by atoms with Gasteiger partial charge < -0.3 is 9.47 Å². The van der Waals surface area contributed by atoms with E-state index in [9.17, 15) is 13.2 Å². The number of benzene rings is 2. The Hall–Kier alpha value is -2.06. The number of hydrogen-bond acceptors (Lipinski definition) is 5. The summed E-state index contributed by atoms with van der Waals surface area (Å²) in [6.07, 6.45) is -0.279. The molecule has 7 heteroatoms. The monoisotopic (exact) mass is 431 g/mol. The molecule has 3 atom stereocenters. The summed E-state index contributed by atoms with van der Waals surface area (Å²) in [5.74, 6) is -0.482. The van der Waals surface area contributed by atoms with E-state index in [-0.39, 0.29) is 23.2 Å². The Balaban J connectivity index is 1.84. The highest BCUT2D eigenvalue weighted by atomic mass is 32.2. The van der Waals surface area contributed by atoms with Gasteiger partial charge >= 0.3 is 0 Å². The molecule has 0 radical (unpaired) electrons. The SMILES string of the molecule is CCOC1CC(COCc2ccccc2)C(C(C)=O)N1S(=O)(=O)c1ccc(C)cc1. The zero-order valence-electron chi connectivity index (χ0n) is 17.7. The average molecular weight is 432 g/mol. The van der Waals surface area contributed by atoms with Crippen LogP contribution in [0.1, 0.15) is 31.4 Å². The summed E-state index contributed by atoms with van der Waals surface area (Å²) in [6.45, 7) is 6.19. The fourth-order valence-electron chi connectivity index (χ4n) is 3.92. The lowest BCUT2D eigenvalue weighted by molar-refractivity contribution is -0.123. The minimum absolute atomic E-state index is 0.162. The lowest BCUT2D eigenvalue weighted by atomic mass is 9.99. The third kappa shape index (κ3) is 4.98. The predicted molar refractivity (Wildman–Crippen MR) is 114 cm³/mol. The van der Waals surface area contributed by atoms with E-state index in [1.165, 1.54) is 11.2 Å². The van der Waals surface area contributed by atoms with Crippen molar-refractivity contribution in [2.24, 2.45) is 5.92 Å². The molecule has 162 valence electrons. The molecule has 30 heavy (non-hydrogen) atoms. The highest BCUT2D eigenvalue weighted by Crippen LogP contribution is 2.36. The molecule has 2 aromatic carbocycles. The van der Waals surface area contributed by atoms with Crippen molar-refractivity contribution < 1.29 is 22.7 Å². The predicted octanol–water partition coefficient (Wildman–Crippen LogP) is 3.54. The van der Waals surface area contributed by atoms with Gasteiger partial charge in [-0.3, -0.25) is 4.79 Å². The van der Waals surface area contributed by atoms with E-state index in [2.05, 4.69) is 0 Å². The Labute approximate surface area is 178 Å². The second-order valence-corrected chi connectivity index (χ2v) is 9.45. The van der Waals surface area contributed by atoms with Gasteiger partial charge in [-0.15, -0.1) is 0 Å². The van der Waals surface area contributed by atoms with Crippen molar-refractivity contribution in [1.29, 1.82) is 0 Å². The van der Waals surface area contributed by atoms with E-state index in [0.717, 1.165) is 11.1 Å². The van der Waals surface area contributed by atoms with Gasteiger partial charge in [-0.2, -0.15) is 4.31 Å². The fraction of sp³-hybridized carbons (Fsp3) is 0.435. The minimum Gasteiger partial charge on any atom is -0.376 e. The van der Waals surface area contributed by atoms with Crippen molar-refractivity contribution >= 4 is 15.8 Å². The van der Waals surface area contributed by atoms with Crippen molar-refractivity contribution in [3.05, 3.63) is 65.7 Å². The quantitative estimate of drug-likeness (QED) is 0.607. The van der Waals surface area contributed by atoms with E-state index in [4.69, 9.17) is 9.47 Å². The van der Waals surface area contributed by atoms with Crippen LogP contribution in [-0.4, -0.2) is 44.0 Å². The largest absolute Gasteiger partial charge is 0.376 e. The van der Waals surface area contributed by atoms with Crippen LogP contribution in [0.4, 0.5) is 0 Å². The summed E-state index contributed by atoms with van der Waals surface area (Å²) in [5.41, 5.74) is 1.99. The first-order chi connectivity index (χ1) is 14.3. The fourth-order valence-corrected chi connectivity index (χ4v) is 5.72. The second kappa shape index (κ2) is 9.83. The molecule has 1 saturated heterocycles. The Bertz CT molecular complexity index is 943. The van der Waals surface area contributed by atoms with Crippen LogP contribution in [0.3, 0.4) is 0 Å². The molecule has 3 unspecified atom stereocenters. The first kappa shape index (κ1) is 22.6. The second-order valence-electron chi connectivity index (χ2n) is 7.61. The molecule has 3 rings (SSSR count). The van der Waals surface area contributed by atoms with Gasteiger partial charge in [0.15, 0.2) is 0 Å². The van der Waals surface area contributed by atoms with E-state index < -0.39 is 22.3 Å². The number of Topliss-reactive ketones (excluding diaryl/α,β-unsaturated/α-hetero) is 1. The van der Waals surface area contributed by atoms with Crippen LogP contribution in [0.2, 0.25) is 0 Å². The molecule has 1 heterocycles. The molecular formula is C23H29NO5S. The number of sulfonamides is 1. The van der Waals surface area contributed by atoms with Crippen molar-refractivity contribution in [1.82, 2.24) is 4.31 Å². The third-order valence-corrected chi connectivity index (χ3v) is 7.21. The molecule has 0 spiro atoms. The lowest BCUT2D eigenvalue weighted by Gasteiger charge is -2.29. The molecule has 6 nitrogen and oxygen atoms in total. The minimum atomic E-state index is -3.90. The highest BCUT2D eigenvalue weighted by molar-refractivity contribution is 7.89. The number of rotatable bonds is 9. The summed E-state index contributed by atoms with van der Waals surface area (Å²) in [5, 5.41) is 0. The van der Waals surface area contributed by atoms with Crippen LogP contribution in [0, 0.1) is 12.8 Å². The Kier molecular flexibility index (Phi) is 7.41. The van der Waals surface area contributed by atoms with Crippen LogP contribution in [-0.2, 0) is 30.9 Å². The standard InChI is InChI=1S/C23H29NO5S/c1-4-29-22-14-20(16-28-15-19-8-6-5-7-9-19)23(18(3)25)24(22)30(26,27)21-12-10-17(2)11-13-21/h5-13,20,22-23H,4,14-16H2,1-3H3. The van der Waals surface area contributed by atoms with E-state index in [1.807, 2.05) is 44.2 Å². The normalized spacial score (nSPS) is 22.3. The smallest absolute Gasteiger partial charge is 0.245 e. The molecule has 2 aromatic rings. The molecule has 0 amide bonds. The van der Waals surface area contributed by atoms with Crippen LogP contribution in [0.15, 0.2) is 59.5 Å². The summed E-state index contributed by atoms with van der Waals surface area (Å²) in [6, 6.07) is 15.6. The first-order valence-corrected chi connectivity index (χ1v) is 11.6. The Morgan fingerprint density at radius 1 is 1.10 bits per heavy atom. The number of ether oxygens (including phenoxy) is 2. The van der Waals surface area contributed by atoms with Gasteiger partial charge in [0.05, 0.1) is 24.2 Å². The van der Waals surface area contributed by atoms with Gasteiger partial charge in [0.1, 0.15) is 12.0 Å². The number of ketones is 1. The summed E-state index contributed by atoms with van der Waals surface area (Å²) in [7, 11) is -3.90. The van der Waals surface area contributed by atoms with Crippen LogP contribution in [0.5, 0.6) is 0 Å². The summed E-state index contributed by atoms with van der Waals surface area (Å²) < 4.78 is 39.8. The van der Waals surface area contributed by atoms with E-state index >= 15 is 0 Å². The highest BCUT2D eigenvalue weighted by Gasteiger charge is 2.50. The molecule has 0 bridgehead atoms. The zero-order valence-corrected chi connectivity index (χ0v) is 18.5. The summed E-state index contributed by atoms with van der Waals surface area (Å²) >= 11 is 0. The van der Waals surface area contributed by atoms with Crippen LogP contribution >= 0.6 is 0 Å². The van der Waals surface area contributed by atoms with E-state index in [0.29, 0.717) is 19.6 Å². The van der Waals surface area contributed by atoms with E-state index in [1.54, 1.807) is 24.3 Å². The Morgan fingerprint density at radius 3 is 2.37 bits per heavy atom. The zero-order chi connectivity index (χ0) is 21.7. The number of hydrogen-bond donors (Lipinski definition) is 0. The molecule has 1 aliphatic heterocycles. The van der Waals surface area contributed by atoms with Crippen molar-refractivity contribution in [3.8, 4) is 0 Å². The average Bonchev–Trinajstić information content (AvgIpc) is 3.09. The maximum absolute atomic E-state index is 13.4. The third-order valence-electron chi connectivity index (χ3n) is 5.32. The van der Waals surface area contributed by atoms with Gasteiger partial charge in [0.25, 0.3) is 0 Å². The summed E-state index contributed by atoms with van der Waals surface area (Å²) in [4.78, 5) is 12.7. The van der Waals surface area contributed by atoms with Crippen molar-refractivity contribution in [2.75, 3.05) is 13.2 Å². The van der Waals surface area contributed by atoms with Crippen molar-refractivity contribution in [2.45, 2.75) is 51.0 Å². The van der Waals surface area contributed by atoms with Gasteiger partial charge in [-0.25, -0.2) is 8.42 Å². The van der Waals surface area contributed by atoms with Crippen LogP contribution in [0.25, 0.3) is 0 Å².